The van der Waals surface area contributed by atoms with Crippen LogP contribution in [0.3, 0.4) is 0 Å². The molecular formula is C14H17F3N2O2. The molecule has 0 bridgehead atoms. The number of amides is 2. The van der Waals surface area contributed by atoms with Crippen LogP contribution in [-0.4, -0.2) is 38.0 Å². The highest BCUT2D eigenvalue weighted by atomic mass is 19.4. The summed E-state index contributed by atoms with van der Waals surface area (Å²) in [5, 5.41) is 5.29. The molecule has 2 N–H and O–H groups in total. The van der Waals surface area contributed by atoms with Crippen molar-refractivity contribution in [3.05, 3.63) is 35.4 Å². The van der Waals surface area contributed by atoms with Crippen LogP contribution >= 0.6 is 0 Å². The standard InChI is InChI=1S/C14H17F3N2O2/c15-14(16,17)9-21-6-5-18-13(20)19-12-7-10-3-1-2-4-11(10)8-12/h1-4,12H,5-9H2,(H2,18,19,20). The molecule has 0 saturated carbocycles. The molecule has 4 nitrogen and oxygen atoms in total. The Kier molecular flexibility index (Phi) is 5.06. The van der Waals surface area contributed by atoms with E-state index < -0.39 is 12.8 Å². The van der Waals surface area contributed by atoms with E-state index in [-0.39, 0.29) is 25.2 Å². The Morgan fingerprint density at radius 1 is 1.24 bits per heavy atom. The van der Waals surface area contributed by atoms with E-state index in [4.69, 9.17) is 0 Å². The minimum Gasteiger partial charge on any atom is -0.370 e. The first-order valence-electron chi connectivity index (χ1n) is 6.70. The first-order chi connectivity index (χ1) is 9.94. The Labute approximate surface area is 120 Å². The lowest BCUT2D eigenvalue weighted by Gasteiger charge is -2.13. The predicted molar refractivity (Wildman–Crippen MR) is 71.0 cm³/mol. The Bertz CT molecular complexity index is 466. The van der Waals surface area contributed by atoms with E-state index in [1.54, 1.807) is 0 Å². The Morgan fingerprint density at radius 2 is 1.86 bits per heavy atom. The van der Waals surface area contributed by atoms with Crippen LogP contribution in [0.4, 0.5) is 18.0 Å². The number of halogens is 3. The van der Waals surface area contributed by atoms with Gasteiger partial charge in [0, 0.05) is 12.6 Å². The molecule has 0 aromatic heterocycles. The van der Waals surface area contributed by atoms with Gasteiger partial charge >= 0.3 is 12.2 Å². The highest BCUT2D eigenvalue weighted by Gasteiger charge is 2.27. The lowest BCUT2D eigenvalue weighted by atomic mass is 10.1. The molecule has 2 amide bonds. The first-order valence-corrected chi connectivity index (χ1v) is 6.70. The second-order valence-corrected chi connectivity index (χ2v) is 4.94. The first kappa shape index (κ1) is 15.6. The van der Waals surface area contributed by atoms with E-state index in [2.05, 4.69) is 15.4 Å². The van der Waals surface area contributed by atoms with Gasteiger partial charge in [0.2, 0.25) is 0 Å². The number of benzene rings is 1. The van der Waals surface area contributed by atoms with Gasteiger partial charge in [0.25, 0.3) is 0 Å². The fraction of sp³-hybridized carbons (Fsp3) is 0.500. The van der Waals surface area contributed by atoms with E-state index in [0.29, 0.717) is 0 Å². The van der Waals surface area contributed by atoms with Crippen LogP contribution in [0.15, 0.2) is 24.3 Å². The van der Waals surface area contributed by atoms with Crippen molar-refractivity contribution in [2.75, 3.05) is 19.8 Å². The second kappa shape index (κ2) is 6.80. The Hall–Kier alpha value is -1.76. The normalized spacial score (nSPS) is 14.8. The molecule has 0 heterocycles. The average molecular weight is 302 g/mol. The van der Waals surface area contributed by atoms with Crippen molar-refractivity contribution in [1.29, 1.82) is 0 Å². The molecule has 0 atom stereocenters. The van der Waals surface area contributed by atoms with Crippen molar-refractivity contribution in [3.63, 3.8) is 0 Å². The molecule has 21 heavy (non-hydrogen) atoms. The van der Waals surface area contributed by atoms with Gasteiger partial charge in [-0.3, -0.25) is 0 Å². The van der Waals surface area contributed by atoms with Crippen molar-refractivity contribution in [3.8, 4) is 0 Å². The molecule has 1 aliphatic rings. The third kappa shape index (κ3) is 5.26. The number of fused-ring (bicyclic) bond motifs is 1. The number of carbonyl (C=O) groups excluding carboxylic acids is 1. The molecule has 1 aliphatic carbocycles. The molecule has 7 heteroatoms. The Morgan fingerprint density at radius 3 is 2.43 bits per heavy atom. The summed E-state index contributed by atoms with van der Waals surface area (Å²) in [6.07, 6.45) is -2.79. The van der Waals surface area contributed by atoms with Gasteiger partial charge in [0.15, 0.2) is 0 Å². The number of hydrogen-bond donors (Lipinski definition) is 2. The molecule has 116 valence electrons. The Balaban J connectivity index is 1.61. The van der Waals surface area contributed by atoms with Gasteiger partial charge in [0.05, 0.1) is 6.61 Å². The van der Waals surface area contributed by atoms with Crippen LogP contribution in [0, 0.1) is 0 Å². The molecular weight excluding hydrogens is 285 g/mol. The largest absolute Gasteiger partial charge is 0.411 e. The highest BCUT2D eigenvalue weighted by Crippen LogP contribution is 2.21. The van der Waals surface area contributed by atoms with E-state index >= 15 is 0 Å². The van der Waals surface area contributed by atoms with Gasteiger partial charge < -0.3 is 15.4 Å². The zero-order valence-electron chi connectivity index (χ0n) is 11.4. The van der Waals surface area contributed by atoms with Gasteiger partial charge in [-0.1, -0.05) is 24.3 Å². The van der Waals surface area contributed by atoms with Gasteiger partial charge in [0.1, 0.15) is 6.61 Å². The zero-order valence-corrected chi connectivity index (χ0v) is 11.4. The summed E-state index contributed by atoms with van der Waals surface area (Å²) < 4.78 is 39.9. The number of nitrogens with one attached hydrogen (secondary N) is 2. The SMILES string of the molecule is O=C(NCCOCC(F)(F)F)NC1Cc2ccccc2C1. The minimum atomic E-state index is -4.34. The monoisotopic (exact) mass is 302 g/mol. The van der Waals surface area contributed by atoms with Gasteiger partial charge in [-0.2, -0.15) is 13.2 Å². The molecule has 0 radical (unpaired) electrons. The third-order valence-electron chi connectivity index (χ3n) is 3.18. The van der Waals surface area contributed by atoms with Crippen LogP contribution in [0.1, 0.15) is 11.1 Å². The highest BCUT2D eigenvalue weighted by molar-refractivity contribution is 5.74. The number of urea groups is 1. The number of alkyl halides is 3. The molecule has 0 aliphatic heterocycles. The summed E-state index contributed by atoms with van der Waals surface area (Å²) in [4.78, 5) is 11.6. The fourth-order valence-corrected chi connectivity index (χ4v) is 2.32. The van der Waals surface area contributed by atoms with E-state index in [9.17, 15) is 18.0 Å². The summed E-state index contributed by atoms with van der Waals surface area (Å²) in [6, 6.07) is 7.61. The second-order valence-electron chi connectivity index (χ2n) is 4.94. The van der Waals surface area contributed by atoms with E-state index in [1.165, 1.54) is 11.1 Å². The number of carbonyl (C=O) groups is 1. The van der Waals surface area contributed by atoms with Crippen molar-refractivity contribution in [2.45, 2.75) is 25.1 Å². The molecule has 0 unspecified atom stereocenters. The zero-order chi connectivity index (χ0) is 15.3. The maximum absolute atomic E-state index is 11.8. The smallest absolute Gasteiger partial charge is 0.370 e. The molecule has 0 fully saturated rings. The van der Waals surface area contributed by atoms with Crippen LogP contribution in [-0.2, 0) is 17.6 Å². The van der Waals surface area contributed by atoms with Crippen LogP contribution in [0.2, 0.25) is 0 Å². The summed E-state index contributed by atoms with van der Waals surface area (Å²) in [5.41, 5.74) is 2.44. The summed E-state index contributed by atoms with van der Waals surface area (Å²) in [6.45, 7) is -1.42. The molecule has 1 aromatic rings. The van der Waals surface area contributed by atoms with E-state index in [1.807, 2.05) is 24.3 Å². The van der Waals surface area contributed by atoms with Crippen molar-refractivity contribution < 1.29 is 22.7 Å². The summed E-state index contributed by atoms with van der Waals surface area (Å²) in [7, 11) is 0. The maximum atomic E-state index is 11.8. The predicted octanol–water partition coefficient (Wildman–Crippen LogP) is 2.03. The topological polar surface area (TPSA) is 50.4 Å². The minimum absolute atomic E-state index is 0.0264. The van der Waals surface area contributed by atoms with Gasteiger partial charge in [-0.25, -0.2) is 4.79 Å². The lowest BCUT2D eigenvalue weighted by molar-refractivity contribution is -0.173. The molecule has 0 spiro atoms. The number of rotatable bonds is 5. The average Bonchev–Trinajstić information content (AvgIpc) is 2.78. The third-order valence-corrected chi connectivity index (χ3v) is 3.18. The molecule has 0 saturated heterocycles. The van der Waals surface area contributed by atoms with Crippen LogP contribution in [0.5, 0.6) is 0 Å². The van der Waals surface area contributed by atoms with E-state index in [0.717, 1.165) is 12.8 Å². The number of ether oxygens (including phenoxy) is 1. The van der Waals surface area contributed by atoms with Crippen LogP contribution < -0.4 is 10.6 Å². The van der Waals surface area contributed by atoms with Crippen LogP contribution in [0.25, 0.3) is 0 Å². The van der Waals surface area contributed by atoms with Crippen molar-refractivity contribution in [1.82, 2.24) is 10.6 Å². The molecule has 1 aromatic carbocycles. The van der Waals surface area contributed by atoms with Gasteiger partial charge in [-0.05, 0) is 24.0 Å². The van der Waals surface area contributed by atoms with Crippen molar-refractivity contribution in [2.24, 2.45) is 0 Å². The summed E-state index contributed by atoms with van der Waals surface area (Å²) >= 11 is 0. The lowest BCUT2D eigenvalue weighted by Crippen LogP contribution is -2.43. The fourth-order valence-electron chi connectivity index (χ4n) is 2.32. The molecule has 2 rings (SSSR count). The quantitative estimate of drug-likeness (QED) is 0.818. The van der Waals surface area contributed by atoms with Crippen molar-refractivity contribution >= 4 is 6.03 Å². The maximum Gasteiger partial charge on any atom is 0.411 e. The van der Waals surface area contributed by atoms with Gasteiger partial charge in [-0.15, -0.1) is 0 Å². The number of hydrogen-bond acceptors (Lipinski definition) is 2. The summed E-state index contributed by atoms with van der Waals surface area (Å²) in [5.74, 6) is 0.